The van der Waals surface area contributed by atoms with E-state index in [1.807, 2.05) is 19.9 Å². The van der Waals surface area contributed by atoms with Crippen molar-refractivity contribution in [3.05, 3.63) is 28.2 Å². The summed E-state index contributed by atoms with van der Waals surface area (Å²) in [7, 11) is -2.44. The molecular formula is C20H31N5O4S2. The lowest BCUT2D eigenvalue weighted by Crippen LogP contribution is -2.51. The van der Waals surface area contributed by atoms with Crippen LogP contribution in [-0.4, -0.2) is 43.5 Å². The van der Waals surface area contributed by atoms with Crippen molar-refractivity contribution >= 4 is 39.0 Å². The number of carbonyl (C=O) groups excluding carboxylic acids is 1. The van der Waals surface area contributed by atoms with Crippen LogP contribution in [0.2, 0.25) is 0 Å². The highest BCUT2D eigenvalue weighted by atomic mass is 32.2. The minimum atomic E-state index is -4.16. The van der Waals surface area contributed by atoms with Gasteiger partial charge in [0.2, 0.25) is 0 Å². The van der Waals surface area contributed by atoms with Crippen LogP contribution in [-0.2, 0) is 22.0 Å². The van der Waals surface area contributed by atoms with E-state index in [2.05, 4.69) is 29.0 Å². The average Bonchev–Trinajstić information content (AvgIpc) is 3.28. The Kier molecular flexibility index (Phi) is 7.28. The molecule has 1 aliphatic rings. The minimum absolute atomic E-state index is 0.207. The molecule has 1 fully saturated rings. The van der Waals surface area contributed by atoms with Crippen LogP contribution in [0.1, 0.15) is 62.1 Å². The van der Waals surface area contributed by atoms with Gasteiger partial charge in [0.05, 0.1) is 23.6 Å². The number of aromatic nitrogens is 2. The molecular weight excluding hydrogens is 438 g/mol. The van der Waals surface area contributed by atoms with E-state index in [0.717, 1.165) is 9.75 Å². The SMILES string of the molecule is CC(C)c1cc(NC(=O)NS(=O)(=O)N(c2cnn(C)c2)C2CCOCC2)c(C(C)C)s1. The summed E-state index contributed by atoms with van der Waals surface area (Å²) in [5.41, 5.74) is 1.06. The van der Waals surface area contributed by atoms with Crippen LogP contribution >= 0.6 is 11.3 Å². The fourth-order valence-electron chi connectivity index (χ4n) is 3.54. The van der Waals surface area contributed by atoms with Crippen molar-refractivity contribution in [1.29, 1.82) is 0 Å². The second-order valence-corrected chi connectivity index (χ2v) is 11.0. The van der Waals surface area contributed by atoms with Gasteiger partial charge in [-0.15, -0.1) is 11.3 Å². The number of hydrogen-bond acceptors (Lipinski definition) is 6. The number of nitrogens with one attached hydrogen (secondary N) is 2. The third-order valence-electron chi connectivity index (χ3n) is 5.07. The van der Waals surface area contributed by atoms with Crippen LogP contribution in [0.15, 0.2) is 18.5 Å². The van der Waals surface area contributed by atoms with Gasteiger partial charge in [0.1, 0.15) is 0 Å². The molecule has 0 aromatic carbocycles. The largest absolute Gasteiger partial charge is 0.381 e. The third-order valence-corrected chi connectivity index (χ3v) is 8.28. The Labute approximate surface area is 188 Å². The second-order valence-electron chi connectivity index (χ2n) is 8.31. The van der Waals surface area contributed by atoms with Gasteiger partial charge in [-0.1, -0.05) is 27.7 Å². The first kappa shape index (κ1) is 23.6. The van der Waals surface area contributed by atoms with E-state index in [1.165, 1.54) is 15.2 Å². The normalized spacial score (nSPS) is 15.5. The van der Waals surface area contributed by atoms with Crippen molar-refractivity contribution < 1.29 is 17.9 Å². The Morgan fingerprint density at radius 2 is 1.94 bits per heavy atom. The predicted molar refractivity (Wildman–Crippen MR) is 123 cm³/mol. The molecule has 2 aromatic rings. The molecule has 0 bridgehead atoms. The molecule has 1 aliphatic heterocycles. The molecule has 2 amide bonds. The third kappa shape index (κ3) is 5.58. The Morgan fingerprint density at radius 1 is 1.26 bits per heavy atom. The maximum absolute atomic E-state index is 13.3. The molecule has 2 aromatic heterocycles. The fourth-order valence-corrected chi connectivity index (χ4v) is 6.02. The summed E-state index contributed by atoms with van der Waals surface area (Å²) in [6.07, 6.45) is 4.18. The predicted octanol–water partition coefficient (Wildman–Crippen LogP) is 3.78. The lowest BCUT2D eigenvalue weighted by atomic mass is 10.1. The molecule has 0 saturated carbocycles. The van der Waals surface area contributed by atoms with Crippen molar-refractivity contribution in [3.63, 3.8) is 0 Å². The molecule has 2 N–H and O–H groups in total. The lowest BCUT2D eigenvalue weighted by Gasteiger charge is -2.33. The van der Waals surface area contributed by atoms with Gasteiger partial charge in [0.25, 0.3) is 0 Å². The van der Waals surface area contributed by atoms with Crippen LogP contribution in [0, 0.1) is 0 Å². The van der Waals surface area contributed by atoms with Crippen LogP contribution in [0.5, 0.6) is 0 Å². The lowest BCUT2D eigenvalue weighted by molar-refractivity contribution is 0.0875. The van der Waals surface area contributed by atoms with Gasteiger partial charge in [0.15, 0.2) is 0 Å². The number of anilines is 2. The first-order chi connectivity index (χ1) is 14.6. The van der Waals surface area contributed by atoms with E-state index < -0.39 is 16.2 Å². The molecule has 0 radical (unpaired) electrons. The Morgan fingerprint density at radius 3 is 2.48 bits per heavy atom. The summed E-state index contributed by atoms with van der Waals surface area (Å²) in [6.45, 7) is 9.20. The van der Waals surface area contributed by atoms with E-state index >= 15 is 0 Å². The van der Waals surface area contributed by atoms with Gasteiger partial charge in [0, 0.05) is 36.2 Å². The zero-order chi connectivity index (χ0) is 22.8. The average molecular weight is 470 g/mol. The summed E-state index contributed by atoms with van der Waals surface area (Å²) in [5.74, 6) is 0.526. The molecule has 9 nitrogen and oxygen atoms in total. The molecule has 3 heterocycles. The number of ether oxygens (including phenoxy) is 1. The molecule has 172 valence electrons. The maximum atomic E-state index is 13.3. The van der Waals surface area contributed by atoms with E-state index in [0.29, 0.717) is 43.3 Å². The highest BCUT2D eigenvalue weighted by Gasteiger charge is 2.34. The quantitative estimate of drug-likeness (QED) is 0.642. The molecule has 0 unspecified atom stereocenters. The van der Waals surface area contributed by atoms with Gasteiger partial charge < -0.3 is 10.1 Å². The van der Waals surface area contributed by atoms with E-state index in [9.17, 15) is 13.2 Å². The highest BCUT2D eigenvalue weighted by Crippen LogP contribution is 2.37. The van der Waals surface area contributed by atoms with Crippen LogP contribution in [0.25, 0.3) is 0 Å². The molecule has 0 atom stereocenters. The standard InChI is InChI=1S/C20H31N5O4S2/c1-13(2)18-10-17(19(30-18)14(3)4)22-20(26)23-31(27,28)25(15-6-8-29-9-7-15)16-11-21-24(5)12-16/h10-15H,6-9H2,1-5H3,(H2,22,23,26). The van der Waals surface area contributed by atoms with Gasteiger partial charge in [-0.05, 0) is 30.7 Å². The fraction of sp³-hybridized carbons (Fsp3) is 0.600. The van der Waals surface area contributed by atoms with Gasteiger partial charge >= 0.3 is 16.2 Å². The number of carbonyl (C=O) groups is 1. The first-order valence-electron chi connectivity index (χ1n) is 10.4. The number of thiophene rings is 1. The number of nitrogens with zero attached hydrogens (tertiary/aromatic N) is 3. The van der Waals surface area contributed by atoms with Crippen LogP contribution in [0.4, 0.5) is 16.2 Å². The summed E-state index contributed by atoms with van der Waals surface area (Å²) in [4.78, 5) is 14.9. The minimum Gasteiger partial charge on any atom is -0.381 e. The van der Waals surface area contributed by atoms with Gasteiger partial charge in [-0.2, -0.15) is 13.5 Å². The molecule has 31 heavy (non-hydrogen) atoms. The number of aryl methyl sites for hydroxylation is 1. The topological polar surface area (TPSA) is 106 Å². The Hall–Kier alpha value is -2.11. The van der Waals surface area contributed by atoms with Crippen molar-refractivity contribution in [1.82, 2.24) is 14.5 Å². The van der Waals surface area contributed by atoms with E-state index in [4.69, 9.17) is 4.74 Å². The van der Waals surface area contributed by atoms with Crippen molar-refractivity contribution in [2.75, 3.05) is 22.8 Å². The van der Waals surface area contributed by atoms with Gasteiger partial charge in [-0.3, -0.25) is 4.68 Å². The molecule has 1 saturated heterocycles. The molecule has 3 rings (SSSR count). The van der Waals surface area contributed by atoms with Crippen molar-refractivity contribution in [3.8, 4) is 0 Å². The molecule has 0 aliphatic carbocycles. The Bertz CT molecular complexity index is 1010. The van der Waals surface area contributed by atoms with Crippen molar-refractivity contribution in [2.24, 2.45) is 7.05 Å². The summed E-state index contributed by atoms with van der Waals surface area (Å²) in [5, 5.41) is 6.84. The number of rotatable bonds is 7. The summed E-state index contributed by atoms with van der Waals surface area (Å²) >= 11 is 1.64. The zero-order valence-electron chi connectivity index (χ0n) is 18.6. The van der Waals surface area contributed by atoms with E-state index in [-0.39, 0.29) is 12.0 Å². The van der Waals surface area contributed by atoms with E-state index in [1.54, 1.807) is 24.6 Å². The first-order valence-corrected chi connectivity index (χ1v) is 12.7. The number of urea groups is 1. The summed E-state index contributed by atoms with van der Waals surface area (Å²) in [6, 6.07) is 0.827. The number of hydrogen-bond donors (Lipinski definition) is 2. The maximum Gasteiger partial charge on any atom is 0.334 e. The van der Waals surface area contributed by atoms with Gasteiger partial charge in [-0.25, -0.2) is 13.8 Å². The smallest absolute Gasteiger partial charge is 0.334 e. The highest BCUT2D eigenvalue weighted by molar-refractivity contribution is 7.91. The Balaban J connectivity index is 1.83. The second kappa shape index (κ2) is 9.58. The summed E-state index contributed by atoms with van der Waals surface area (Å²) < 4.78 is 36.9. The zero-order valence-corrected chi connectivity index (χ0v) is 20.2. The van der Waals surface area contributed by atoms with Crippen molar-refractivity contribution in [2.45, 2.75) is 58.4 Å². The van der Waals surface area contributed by atoms with Crippen LogP contribution < -0.4 is 14.3 Å². The monoisotopic (exact) mass is 469 g/mol. The number of amides is 2. The molecule has 11 heteroatoms. The van der Waals surface area contributed by atoms with Crippen LogP contribution in [0.3, 0.4) is 0 Å². The molecule has 0 spiro atoms.